The average Bonchev–Trinajstić information content (AvgIpc) is 3.46. The van der Waals surface area contributed by atoms with E-state index >= 15 is 0 Å². The molecule has 188 valence electrons. The van der Waals surface area contributed by atoms with Gasteiger partial charge in [-0.2, -0.15) is 9.49 Å². The number of halogens is 2. The zero-order valence-corrected chi connectivity index (χ0v) is 19.5. The van der Waals surface area contributed by atoms with Crippen molar-refractivity contribution in [3.8, 4) is 0 Å². The van der Waals surface area contributed by atoms with E-state index in [1.165, 1.54) is 24.4 Å². The maximum absolute atomic E-state index is 14.4. The van der Waals surface area contributed by atoms with Gasteiger partial charge in [0.15, 0.2) is 11.5 Å². The molecule has 0 aliphatic heterocycles. The fraction of sp³-hybridized carbons (Fsp3) is 0.200. The van der Waals surface area contributed by atoms with Gasteiger partial charge in [0.25, 0.3) is 11.8 Å². The van der Waals surface area contributed by atoms with Gasteiger partial charge in [-0.25, -0.2) is 23.7 Å². The Bertz CT molecular complexity index is 1590. The third kappa shape index (κ3) is 4.48. The topological polar surface area (TPSA) is 139 Å². The van der Waals surface area contributed by atoms with Crippen LogP contribution in [0.15, 0.2) is 42.7 Å². The second-order valence-corrected chi connectivity index (χ2v) is 8.60. The number of hydrogen-bond acceptors (Lipinski definition) is 6. The number of fused-ring (bicyclic) bond motifs is 2. The molecular weight excluding hydrogens is 486 g/mol. The predicted molar refractivity (Wildman–Crippen MR) is 125 cm³/mol. The van der Waals surface area contributed by atoms with Gasteiger partial charge in [0.05, 0.1) is 17.8 Å². The lowest BCUT2D eigenvalue weighted by Gasteiger charge is -2.16. The first-order valence-electron chi connectivity index (χ1n) is 11.3. The quantitative estimate of drug-likeness (QED) is 0.342. The molecule has 0 fully saturated rings. The first-order chi connectivity index (χ1) is 17.7. The number of rotatable bonds is 6. The molecule has 3 heterocycles. The molecular formula is C25H20F2N6O4. The molecule has 0 radical (unpaired) electrons. The number of benzene rings is 1. The Morgan fingerprint density at radius 3 is 2.73 bits per heavy atom. The number of pyridine rings is 1. The molecule has 3 aromatic heterocycles. The Hall–Kier alpha value is -4.74. The SMILES string of the molecule is Cc1c(C(=O)O)ccc2c1CC[C@@H]2NC(=O)c1cc(C(=O)NCc2ccnc(F)c2)nc2c(F)cnn12. The Labute approximate surface area is 208 Å². The highest BCUT2D eigenvalue weighted by atomic mass is 19.1. The van der Waals surface area contributed by atoms with Crippen molar-refractivity contribution >= 4 is 23.4 Å². The summed E-state index contributed by atoms with van der Waals surface area (Å²) in [6.45, 7) is 1.70. The van der Waals surface area contributed by atoms with Gasteiger partial charge in [-0.3, -0.25) is 9.59 Å². The van der Waals surface area contributed by atoms with Crippen LogP contribution in [0.5, 0.6) is 0 Å². The largest absolute Gasteiger partial charge is 0.478 e. The van der Waals surface area contributed by atoms with E-state index in [0.717, 1.165) is 27.9 Å². The van der Waals surface area contributed by atoms with E-state index in [2.05, 4.69) is 25.7 Å². The predicted octanol–water partition coefficient (Wildman–Crippen LogP) is 2.76. The van der Waals surface area contributed by atoms with Crippen LogP contribution >= 0.6 is 0 Å². The van der Waals surface area contributed by atoms with Crippen LogP contribution in [-0.2, 0) is 13.0 Å². The normalized spacial score (nSPS) is 14.4. The van der Waals surface area contributed by atoms with Crippen molar-refractivity contribution in [3.05, 3.63) is 93.7 Å². The molecule has 0 saturated carbocycles. The molecule has 1 aromatic carbocycles. The molecule has 5 rings (SSSR count). The molecule has 37 heavy (non-hydrogen) atoms. The van der Waals surface area contributed by atoms with E-state index in [1.54, 1.807) is 13.0 Å². The lowest BCUT2D eigenvalue weighted by molar-refractivity contribution is 0.0695. The van der Waals surface area contributed by atoms with E-state index in [0.29, 0.717) is 24.0 Å². The number of carbonyl (C=O) groups is 3. The van der Waals surface area contributed by atoms with Crippen LogP contribution < -0.4 is 10.6 Å². The maximum Gasteiger partial charge on any atom is 0.335 e. The van der Waals surface area contributed by atoms with Gasteiger partial charge in [0.1, 0.15) is 11.4 Å². The molecule has 0 unspecified atom stereocenters. The first kappa shape index (κ1) is 24.0. The summed E-state index contributed by atoms with van der Waals surface area (Å²) in [5.41, 5.74) is 2.34. The van der Waals surface area contributed by atoms with Gasteiger partial charge < -0.3 is 15.7 Å². The second-order valence-electron chi connectivity index (χ2n) is 8.60. The number of amides is 2. The Kier molecular flexibility index (Phi) is 6.07. The molecule has 12 heteroatoms. The lowest BCUT2D eigenvalue weighted by atomic mass is 9.98. The van der Waals surface area contributed by atoms with Gasteiger partial charge in [-0.05, 0) is 60.2 Å². The van der Waals surface area contributed by atoms with E-state index in [4.69, 9.17) is 0 Å². The van der Waals surface area contributed by atoms with Crippen molar-refractivity contribution in [1.82, 2.24) is 30.2 Å². The number of aromatic carboxylic acids is 1. The zero-order valence-electron chi connectivity index (χ0n) is 19.5. The van der Waals surface area contributed by atoms with Crippen LogP contribution in [0.4, 0.5) is 8.78 Å². The van der Waals surface area contributed by atoms with Gasteiger partial charge in [0.2, 0.25) is 5.95 Å². The van der Waals surface area contributed by atoms with Crippen molar-refractivity contribution in [3.63, 3.8) is 0 Å². The second kappa shape index (κ2) is 9.37. The Balaban J connectivity index is 1.41. The number of nitrogens with one attached hydrogen (secondary N) is 2. The van der Waals surface area contributed by atoms with Crippen molar-refractivity contribution < 1.29 is 28.3 Å². The number of carbonyl (C=O) groups excluding carboxylic acids is 2. The molecule has 1 aliphatic carbocycles. The molecule has 3 N–H and O–H groups in total. The Morgan fingerprint density at radius 2 is 1.97 bits per heavy atom. The lowest BCUT2D eigenvalue weighted by Crippen LogP contribution is -2.30. The molecule has 0 spiro atoms. The van der Waals surface area contributed by atoms with Gasteiger partial charge >= 0.3 is 5.97 Å². The van der Waals surface area contributed by atoms with E-state index in [9.17, 15) is 28.3 Å². The molecule has 4 aromatic rings. The third-order valence-corrected chi connectivity index (χ3v) is 6.37. The van der Waals surface area contributed by atoms with E-state index < -0.39 is 35.6 Å². The number of aromatic nitrogens is 4. The monoisotopic (exact) mass is 506 g/mol. The highest BCUT2D eigenvalue weighted by Gasteiger charge is 2.29. The highest BCUT2D eigenvalue weighted by Crippen LogP contribution is 2.35. The number of carboxylic acid groups (broad SMARTS) is 1. The van der Waals surface area contributed by atoms with Crippen molar-refractivity contribution in [2.45, 2.75) is 32.4 Å². The van der Waals surface area contributed by atoms with Crippen molar-refractivity contribution in [2.75, 3.05) is 0 Å². The van der Waals surface area contributed by atoms with Crippen molar-refractivity contribution in [2.24, 2.45) is 0 Å². The minimum Gasteiger partial charge on any atom is -0.478 e. The summed E-state index contributed by atoms with van der Waals surface area (Å²) in [6.07, 6.45) is 3.28. The van der Waals surface area contributed by atoms with Crippen LogP contribution in [0, 0.1) is 18.7 Å². The van der Waals surface area contributed by atoms with E-state index in [-0.39, 0.29) is 29.1 Å². The molecule has 1 atom stereocenters. The molecule has 2 amide bonds. The van der Waals surface area contributed by atoms with Crippen LogP contribution in [0.3, 0.4) is 0 Å². The van der Waals surface area contributed by atoms with Crippen LogP contribution in [0.1, 0.15) is 66.1 Å². The van der Waals surface area contributed by atoms with Gasteiger partial charge in [-0.15, -0.1) is 0 Å². The summed E-state index contributed by atoms with van der Waals surface area (Å²) in [5.74, 6) is -3.85. The first-order valence-corrected chi connectivity index (χ1v) is 11.3. The third-order valence-electron chi connectivity index (χ3n) is 6.37. The minimum absolute atomic E-state index is 0.0368. The summed E-state index contributed by atoms with van der Waals surface area (Å²) in [7, 11) is 0. The van der Waals surface area contributed by atoms with Gasteiger partial charge in [0, 0.05) is 18.8 Å². The average molecular weight is 506 g/mol. The van der Waals surface area contributed by atoms with Gasteiger partial charge in [-0.1, -0.05) is 6.07 Å². The summed E-state index contributed by atoms with van der Waals surface area (Å²) in [4.78, 5) is 45.0. The van der Waals surface area contributed by atoms with Crippen LogP contribution in [-0.4, -0.2) is 42.5 Å². The number of carboxylic acids is 1. The minimum atomic E-state index is -1.02. The highest BCUT2D eigenvalue weighted by molar-refractivity contribution is 5.98. The number of hydrogen-bond donors (Lipinski definition) is 3. The molecule has 0 saturated heterocycles. The summed E-state index contributed by atoms with van der Waals surface area (Å²) >= 11 is 0. The maximum atomic E-state index is 14.4. The summed E-state index contributed by atoms with van der Waals surface area (Å²) in [5, 5.41) is 18.7. The number of nitrogens with zero attached hydrogens (tertiary/aromatic N) is 4. The fourth-order valence-corrected chi connectivity index (χ4v) is 4.53. The molecule has 10 nitrogen and oxygen atoms in total. The van der Waals surface area contributed by atoms with Crippen LogP contribution in [0.2, 0.25) is 0 Å². The van der Waals surface area contributed by atoms with E-state index in [1.807, 2.05) is 0 Å². The van der Waals surface area contributed by atoms with Crippen molar-refractivity contribution in [1.29, 1.82) is 0 Å². The standard InChI is InChI=1S/C25H20F2N6O4/c1-12-14-4-5-18(16(14)3-2-15(12)25(36)37)32-24(35)20-9-19(31-22-17(26)11-30-33(20)22)23(34)29-10-13-6-7-28-21(27)8-13/h2-3,6-9,11,18H,4-5,10H2,1H3,(H,29,34)(H,32,35)(H,36,37)/t18-/m0/s1. The fourth-order valence-electron chi connectivity index (χ4n) is 4.53. The molecule has 0 bridgehead atoms. The zero-order chi connectivity index (χ0) is 26.3. The smallest absolute Gasteiger partial charge is 0.335 e. The Morgan fingerprint density at radius 1 is 1.16 bits per heavy atom. The van der Waals surface area contributed by atoms with Crippen LogP contribution in [0.25, 0.3) is 5.65 Å². The summed E-state index contributed by atoms with van der Waals surface area (Å²) < 4.78 is 28.7. The molecule has 1 aliphatic rings. The summed E-state index contributed by atoms with van der Waals surface area (Å²) in [6, 6.07) is 6.66.